The van der Waals surface area contributed by atoms with Gasteiger partial charge in [0.15, 0.2) is 0 Å². The van der Waals surface area contributed by atoms with Crippen LogP contribution in [0.1, 0.15) is 28.5 Å². The molecule has 8 heteroatoms. The van der Waals surface area contributed by atoms with E-state index in [0.29, 0.717) is 34.2 Å². The van der Waals surface area contributed by atoms with Gasteiger partial charge in [0.2, 0.25) is 0 Å². The van der Waals surface area contributed by atoms with Gasteiger partial charge in [-0.1, -0.05) is 0 Å². The molecule has 0 aliphatic carbocycles. The Hall–Kier alpha value is -1.80. The van der Waals surface area contributed by atoms with E-state index in [2.05, 4.69) is 14.9 Å². The number of nitrogens with one attached hydrogen (secondary N) is 2. The predicted molar refractivity (Wildman–Crippen MR) is 74.9 cm³/mol. The third-order valence-corrected chi connectivity index (χ3v) is 4.71. The highest BCUT2D eigenvalue weighted by Crippen LogP contribution is 2.29. The van der Waals surface area contributed by atoms with Crippen molar-refractivity contribution in [2.45, 2.75) is 39.1 Å². The Labute approximate surface area is 117 Å². The van der Waals surface area contributed by atoms with Crippen LogP contribution in [0, 0.1) is 27.7 Å². The second kappa shape index (κ2) is 4.95. The molecule has 0 aromatic carbocycles. The zero-order chi connectivity index (χ0) is 15.1. The number of furan rings is 1. The Morgan fingerprint density at radius 3 is 2.40 bits per heavy atom. The van der Waals surface area contributed by atoms with E-state index in [1.807, 2.05) is 0 Å². The fraction of sp³-hybridized carbons (Fsp3) is 0.417. The standard InChI is InChI=1S/C12H18N4O3S/c1-6-11(7(2)15-14-6)16-20(17,18)12-9(4)19-8(3)10(12)5-13/h16H,5,13H2,1-4H3,(H,14,15). The summed E-state index contributed by atoms with van der Waals surface area (Å²) < 4.78 is 33.0. The first-order valence-corrected chi connectivity index (χ1v) is 7.59. The number of anilines is 1. The molecule has 0 amide bonds. The summed E-state index contributed by atoms with van der Waals surface area (Å²) in [6.07, 6.45) is 0. The normalized spacial score (nSPS) is 11.8. The number of aromatic nitrogens is 2. The summed E-state index contributed by atoms with van der Waals surface area (Å²) in [4.78, 5) is 0.109. The van der Waals surface area contributed by atoms with Crippen LogP contribution in [0.3, 0.4) is 0 Å². The Balaban J connectivity index is 2.52. The minimum atomic E-state index is -3.76. The molecule has 7 nitrogen and oxygen atoms in total. The SMILES string of the molecule is Cc1n[nH]c(C)c1NS(=O)(=O)c1c(C)oc(C)c1CN. The molecule has 4 N–H and O–H groups in total. The minimum Gasteiger partial charge on any atom is -0.465 e. The number of nitrogens with two attached hydrogens (primary N) is 1. The molecule has 0 aliphatic heterocycles. The van der Waals surface area contributed by atoms with Gasteiger partial charge in [-0.25, -0.2) is 8.42 Å². The van der Waals surface area contributed by atoms with Gasteiger partial charge in [0, 0.05) is 12.1 Å². The van der Waals surface area contributed by atoms with Crippen molar-refractivity contribution in [3.63, 3.8) is 0 Å². The van der Waals surface area contributed by atoms with Gasteiger partial charge in [-0.2, -0.15) is 5.10 Å². The van der Waals surface area contributed by atoms with Crippen LogP contribution in [-0.4, -0.2) is 18.6 Å². The molecule has 2 aromatic rings. The molecule has 0 aliphatic rings. The van der Waals surface area contributed by atoms with Gasteiger partial charge >= 0.3 is 0 Å². The highest BCUT2D eigenvalue weighted by molar-refractivity contribution is 7.92. The number of hydrogen-bond acceptors (Lipinski definition) is 5. The summed E-state index contributed by atoms with van der Waals surface area (Å²) in [7, 11) is -3.76. The van der Waals surface area contributed by atoms with Gasteiger partial charge in [0.1, 0.15) is 16.4 Å². The Bertz CT molecular complexity index is 724. The first-order valence-electron chi connectivity index (χ1n) is 6.11. The van der Waals surface area contributed by atoms with Crippen LogP contribution in [0.25, 0.3) is 0 Å². The molecular formula is C12H18N4O3S. The van der Waals surface area contributed by atoms with Crippen molar-refractivity contribution >= 4 is 15.7 Å². The molecule has 0 atom stereocenters. The van der Waals surface area contributed by atoms with Gasteiger partial charge in [0.05, 0.1) is 17.1 Å². The number of sulfonamides is 1. The Morgan fingerprint density at radius 2 is 1.90 bits per heavy atom. The van der Waals surface area contributed by atoms with Crippen LogP contribution in [0.4, 0.5) is 5.69 Å². The summed E-state index contributed by atoms with van der Waals surface area (Å²) in [6.45, 7) is 6.87. The van der Waals surface area contributed by atoms with Crippen LogP contribution in [0.5, 0.6) is 0 Å². The fourth-order valence-electron chi connectivity index (χ4n) is 2.18. The van der Waals surface area contributed by atoms with Gasteiger partial charge in [-0.3, -0.25) is 9.82 Å². The number of H-pyrrole nitrogens is 1. The molecule has 2 heterocycles. The second-order valence-corrected chi connectivity index (χ2v) is 6.26. The quantitative estimate of drug-likeness (QED) is 0.791. The maximum absolute atomic E-state index is 12.5. The smallest absolute Gasteiger partial charge is 0.265 e. The lowest BCUT2D eigenvalue weighted by atomic mass is 10.2. The van der Waals surface area contributed by atoms with Crippen molar-refractivity contribution < 1.29 is 12.8 Å². The molecule has 0 unspecified atom stereocenters. The van der Waals surface area contributed by atoms with Crippen molar-refractivity contribution in [3.8, 4) is 0 Å². The van der Waals surface area contributed by atoms with E-state index in [1.54, 1.807) is 27.7 Å². The Kier molecular flexibility index (Phi) is 3.61. The molecule has 0 radical (unpaired) electrons. The summed E-state index contributed by atoms with van der Waals surface area (Å²) in [5, 5.41) is 6.70. The van der Waals surface area contributed by atoms with Gasteiger partial charge in [-0.05, 0) is 27.7 Å². The molecule has 0 bridgehead atoms. The van der Waals surface area contributed by atoms with Gasteiger partial charge < -0.3 is 10.2 Å². The largest absolute Gasteiger partial charge is 0.465 e. The summed E-state index contributed by atoms with van der Waals surface area (Å²) >= 11 is 0. The number of aromatic amines is 1. The first-order chi connectivity index (χ1) is 9.27. The van der Waals surface area contributed by atoms with Gasteiger partial charge in [0.25, 0.3) is 10.0 Å². The Morgan fingerprint density at radius 1 is 1.25 bits per heavy atom. The van der Waals surface area contributed by atoms with E-state index >= 15 is 0 Å². The van der Waals surface area contributed by atoms with Crippen molar-refractivity contribution in [2.75, 3.05) is 4.72 Å². The fourth-order valence-corrected chi connectivity index (χ4v) is 3.83. The summed E-state index contributed by atoms with van der Waals surface area (Å²) in [5.74, 6) is 0.847. The lowest BCUT2D eigenvalue weighted by molar-refractivity contribution is 0.494. The zero-order valence-electron chi connectivity index (χ0n) is 11.9. The topological polar surface area (TPSA) is 114 Å². The molecule has 0 saturated carbocycles. The maximum atomic E-state index is 12.5. The molecule has 0 spiro atoms. The lowest BCUT2D eigenvalue weighted by Gasteiger charge is -2.09. The van der Waals surface area contributed by atoms with Crippen molar-refractivity contribution in [3.05, 3.63) is 28.5 Å². The summed E-state index contributed by atoms with van der Waals surface area (Å²) in [6, 6.07) is 0. The molecule has 110 valence electrons. The van der Waals surface area contributed by atoms with Crippen molar-refractivity contribution in [2.24, 2.45) is 5.73 Å². The average molecular weight is 298 g/mol. The third-order valence-electron chi connectivity index (χ3n) is 3.16. The van der Waals surface area contributed by atoms with Crippen molar-refractivity contribution in [1.29, 1.82) is 0 Å². The van der Waals surface area contributed by atoms with E-state index in [-0.39, 0.29) is 11.4 Å². The minimum absolute atomic E-state index is 0.1000. The second-order valence-electron chi connectivity index (χ2n) is 4.64. The molecular weight excluding hydrogens is 280 g/mol. The highest BCUT2D eigenvalue weighted by Gasteiger charge is 2.27. The molecule has 0 saturated heterocycles. The molecule has 2 aromatic heterocycles. The number of rotatable bonds is 4. The van der Waals surface area contributed by atoms with Crippen molar-refractivity contribution in [1.82, 2.24) is 10.2 Å². The van der Waals surface area contributed by atoms with Crippen LogP contribution in [-0.2, 0) is 16.6 Å². The number of nitrogens with zero attached hydrogens (tertiary/aromatic N) is 1. The molecule has 20 heavy (non-hydrogen) atoms. The predicted octanol–water partition coefficient (Wildman–Crippen LogP) is 1.50. The maximum Gasteiger partial charge on any atom is 0.265 e. The molecule has 2 rings (SSSR count). The van der Waals surface area contributed by atoms with E-state index in [4.69, 9.17) is 10.2 Å². The number of hydrogen-bond donors (Lipinski definition) is 3. The van der Waals surface area contributed by atoms with Gasteiger partial charge in [-0.15, -0.1) is 0 Å². The zero-order valence-corrected chi connectivity index (χ0v) is 12.7. The average Bonchev–Trinajstić information content (AvgIpc) is 2.82. The van der Waals surface area contributed by atoms with E-state index in [9.17, 15) is 8.42 Å². The monoisotopic (exact) mass is 298 g/mol. The highest BCUT2D eigenvalue weighted by atomic mass is 32.2. The third kappa shape index (κ3) is 2.32. The molecule has 0 fully saturated rings. The first kappa shape index (κ1) is 14.6. The summed E-state index contributed by atoms with van der Waals surface area (Å²) in [5.41, 5.74) is 7.80. The lowest BCUT2D eigenvalue weighted by Crippen LogP contribution is -2.17. The van der Waals surface area contributed by atoms with E-state index in [0.717, 1.165) is 0 Å². The number of aryl methyl sites for hydroxylation is 4. The van der Waals surface area contributed by atoms with E-state index in [1.165, 1.54) is 0 Å². The van der Waals surface area contributed by atoms with Crippen LogP contribution < -0.4 is 10.5 Å². The van der Waals surface area contributed by atoms with Crippen LogP contribution in [0.2, 0.25) is 0 Å². The van der Waals surface area contributed by atoms with E-state index < -0.39 is 10.0 Å². The van der Waals surface area contributed by atoms with Crippen LogP contribution >= 0.6 is 0 Å². The van der Waals surface area contributed by atoms with Crippen LogP contribution in [0.15, 0.2) is 9.31 Å².